The van der Waals surface area contributed by atoms with Crippen LogP contribution in [0.25, 0.3) is 5.70 Å². The van der Waals surface area contributed by atoms with Gasteiger partial charge >= 0.3 is 0 Å². The lowest BCUT2D eigenvalue weighted by molar-refractivity contribution is -0.577. The van der Waals surface area contributed by atoms with Crippen LogP contribution in [0.3, 0.4) is 0 Å². The number of fused-ring (bicyclic) bond motifs is 1. The van der Waals surface area contributed by atoms with E-state index < -0.39 is 0 Å². The van der Waals surface area contributed by atoms with E-state index in [0.717, 1.165) is 5.56 Å². The number of pyridine rings is 1. The molecule has 0 fully saturated rings. The molecule has 0 radical (unpaired) electrons. The highest BCUT2D eigenvalue weighted by atomic mass is 127. The summed E-state index contributed by atoms with van der Waals surface area (Å²) in [7, 11) is 0. The molecule has 140 valence electrons. The van der Waals surface area contributed by atoms with Crippen molar-refractivity contribution in [2.24, 2.45) is 0 Å². The summed E-state index contributed by atoms with van der Waals surface area (Å²) in [6, 6.07) is 17.7. The van der Waals surface area contributed by atoms with E-state index in [1.54, 1.807) is 59.4 Å². The maximum atomic E-state index is 13.2. The third kappa shape index (κ3) is 3.59. The lowest BCUT2D eigenvalue weighted by Gasteiger charge is -2.19. The SMILES string of the molecule is Cc1cc[n+](C2=C(Nc3ccccc3Cl)C(=O)c3ccccc3C2=O)cc1.[I-]. The van der Waals surface area contributed by atoms with E-state index in [9.17, 15) is 9.59 Å². The molecule has 6 heteroatoms. The molecule has 28 heavy (non-hydrogen) atoms. The molecule has 4 rings (SSSR count). The molecule has 1 aliphatic rings. The van der Waals surface area contributed by atoms with Gasteiger partial charge in [0.2, 0.25) is 5.78 Å². The van der Waals surface area contributed by atoms with Crippen molar-refractivity contribution < 1.29 is 38.1 Å². The zero-order valence-electron chi connectivity index (χ0n) is 14.9. The molecule has 0 amide bonds. The number of aromatic nitrogens is 1. The lowest BCUT2D eigenvalue weighted by atomic mass is 9.90. The largest absolute Gasteiger partial charge is 1.00 e. The number of para-hydroxylation sites is 1. The predicted molar refractivity (Wildman–Crippen MR) is 105 cm³/mol. The van der Waals surface area contributed by atoms with Crippen LogP contribution in [-0.4, -0.2) is 11.6 Å². The third-order valence-corrected chi connectivity index (χ3v) is 4.81. The number of ketones is 2. The molecule has 1 N–H and O–H groups in total. The van der Waals surface area contributed by atoms with Gasteiger partial charge in [0.25, 0.3) is 11.5 Å². The quantitative estimate of drug-likeness (QED) is 0.434. The lowest BCUT2D eigenvalue weighted by Crippen LogP contribution is -3.00. The first-order valence-corrected chi connectivity index (χ1v) is 8.86. The van der Waals surface area contributed by atoms with E-state index in [1.165, 1.54) is 0 Å². The molecule has 0 bridgehead atoms. The Morgan fingerprint density at radius 1 is 0.821 bits per heavy atom. The van der Waals surface area contributed by atoms with E-state index >= 15 is 0 Å². The van der Waals surface area contributed by atoms with Gasteiger partial charge in [-0.05, 0) is 24.6 Å². The molecule has 2 aromatic carbocycles. The number of hydrogen-bond donors (Lipinski definition) is 1. The first-order chi connectivity index (χ1) is 13.1. The minimum Gasteiger partial charge on any atom is -1.00 e. The summed E-state index contributed by atoms with van der Waals surface area (Å²) in [5.41, 5.74) is 2.89. The van der Waals surface area contributed by atoms with Crippen LogP contribution in [0.15, 0.2) is 78.8 Å². The fourth-order valence-corrected chi connectivity index (χ4v) is 3.26. The Labute approximate surface area is 184 Å². The Kier molecular flexibility index (Phi) is 5.96. The summed E-state index contributed by atoms with van der Waals surface area (Å²) in [5.74, 6) is -0.457. The van der Waals surface area contributed by atoms with E-state index in [4.69, 9.17) is 11.6 Å². The van der Waals surface area contributed by atoms with Gasteiger partial charge in [-0.1, -0.05) is 48.0 Å². The molecule has 0 atom stereocenters. The zero-order valence-corrected chi connectivity index (χ0v) is 17.9. The summed E-state index contributed by atoms with van der Waals surface area (Å²) in [6.45, 7) is 1.96. The van der Waals surface area contributed by atoms with Gasteiger partial charge in [-0.3, -0.25) is 9.59 Å². The number of allylic oxidation sites excluding steroid dienone is 2. The molecule has 0 aliphatic heterocycles. The first-order valence-electron chi connectivity index (χ1n) is 8.49. The van der Waals surface area contributed by atoms with Crippen LogP contribution in [0, 0.1) is 6.92 Å². The average Bonchev–Trinajstić information content (AvgIpc) is 2.69. The van der Waals surface area contributed by atoms with Crippen molar-refractivity contribution in [2.75, 3.05) is 5.32 Å². The molecular formula is C22H16ClIN2O2. The van der Waals surface area contributed by atoms with E-state index in [2.05, 4.69) is 5.32 Å². The second kappa shape index (κ2) is 8.24. The fourth-order valence-electron chi connectivity index (χ4n) is 3.07. The van der Waals surface area contributed by atoms with Crippen molar-refractivity contribution in [1.29, 1.82) is 0 Å². The highest BCUT2D eigenvalue weighted by molar-refractivity contribution is 6.37. The van der Waals surface area contributed by atoms with Crippen LogP contribution in [0.1, 0.15) is 26.3 Å². The van der Waals surface area contributed by atoms with Gasteiger partial charge in [0.05, 0.1) is 10.7 Å². The fraction of sp³-hybridized carbons (Fsp3) is 0.0455. The van der Waals surface area contributed by atoms with Gasteiger partial charge in [-0.2, -0.15) is 4.57 Å². The minimum absolute atomic E-state index is 0. The van der Waals surface area contributed by atoms with Gasteiger partial charge in [-0.25, -0.2) is 0 Å². The molecule has 0 spiro atoms. The Bertz CT molecular complexity index is 1110. The summed E-state index contributed by atoms with van der Waals surface area (Å²) in [4.78, 5) is 26.4. The molecule has 1 aliphatic carbocycles. The van der Waals surface area contributed by atoms with Crippen molar-refractivity contribution in [3.8, 4) is 0 Å². The summed E-state index contributed by atoms with van der Waals surface area (Å²) < 4.78 is 1.67. The molecule has 1 aromatic heterocycles. The second-order valence-electron chi connectivity index (χ2n) is 6.32. The number of aryl methyl sites for hydroxylation is 1. The van der Waals surface area contributed by atoms with Crippen LogP contribution in [-0.2, 0) is 0 Å². The molecule has 4 nitrogen and oxygen atoms in total. The van der Waals surface area contributed by atoms with Crippen LogP contribution in [0.4, 0.5) is 5.69 Å². The monoisotopic (exact) mass is 502 g/mol. The molecule has 0 unspecified atom stereocenters. The van der Waals surface area contributed by atoms with Crippen molar-refractivity contribution >= 4 is 34.6 Å². The van der Waals surface area contributed by atoms with E-state index in [0.29, 0.717) is 21.8 Å². The average molecular weight is 503 g/mol. The van der Waals surface area contributed by atoms with Crippen LogP contribution in [0.2, 0.25) is 5.02 Å². The van der Waals surface area contributed by atoms with Crippen molar-refractivity contribution in [3.05, 3.63) is 100 Å². The Hall–Kier alpha value is -2.51. The smallest absolute Gasteiger partial charge is 0.286 e. The van der Waals surface area contributed by atoms with Crippen LogP contribution < -0.4 is 33.9 Å². The highest BCUT2D eigenvalue weighted by Gasteiger charge is 2.38. The number of nitrogens with zero attached hydrogens (tertiary/aromatic N) is 1. The number of halogens is 2. The second-order valence-corrected chi connectivity index (χ2v) is 6.72. The number of hydrogen-bond acceptors (Lipinski definition) is 3. The summed E-state index contributed by atoms with van der Waals surface area (Å²) in [6.07, 6.45) is 3.55. The van der Waals surface area contributed by atoms with Crippen molar-refractivity contribution in [3.63, 3.8) is 0 Å². The topological polar surface area (TPSA) is 50.1 Å². The van der Waals surface area contributed by atoms with Crippen LogP contribution in [0.5, 0.6) is 0 Å². The number of Topliss-reactive ketones (excluding diaryl/α,β-unsaturated/α-hetero) is 2. The van der Waals surface area contributed by atoms with E-state index in [-0.39, 0.29) is 46.9 Å². The molecule has 0 saturated carbocycles. The third-order valence-electron chi connectivity index (χ3n) is 4.48. The number of carbonyl (C=O) groups excluding carboxylic acids is 2. The number of benzene rings is 2. The summed E-state index contributed by atoms with van der Waals surface area (Å²) in [5, 5.41) is 3.56. The van der Waals surface area contributed by atoms with Crippen molar-refractivity contribution in [2.45, 2.75) is 6.92 Å². The van der Waals surface area contributed by atoms with Crippen LogP contribution >= 0.6 is 11.6 Å². The van der Waals surface area contributed by atoms with Gasteiger partial charge in [-0.15, -0.1) is 0 Å². The van der Waals surface area contributed by atoms with Gasteiger partial charge in [0.1, 0.15) is 0 Å². The molecular weight excluding hydrogens is 487 g/mol. The number of nitrogens with one attached hydrogen (secondary N) is 1. The maximum absolute atomic E-state index is 13.2. The van der Waals surface area contributed by atoms with Gasteiger partial charge in [0.15, 0.2) is 18.1 Å². The standard InChI is InChI=1S/C22H15ClN2O2.HI/c1-14-10-12-25(13-11-14)20-19(24-18-9-5-4-8-17(18)23)21(26)15-6-2-3-7-16(15)22(20)27;/h2-13H,1H3;1H. The van der Waals surface area contributed by atoms with E-state index in [1.807, 2.05) is 25.1 Å². The van der Waals surface area contributed by atoms with Gasteiger partial charge in [0, 0.05) is 23.3 Å². The molecule has 3 aromatic rings. The normalized spacial score (nSPS) is 13.1. The Morgan fingerprint density at radius 2 is 1.39 bits per heavy atom. The van der Waals surface area contributed by atoms with Gasteiger partial charge < -0.3 is 29.3 Å². The molecule has 1 heterocycles. The zero-order chi connectivity index (χ0) is 19.0. The maximum Gasteiger partial charge on any atom is 0.286 e. The number of carbonyl (C=O) groups is 2. The summed E-state index contributed by atoms with van der Waals surface area (Å²) >= 11 is 6.25. The number of anilines is 1. The Morgan fingerprint density at radius 3 is 2.04 bits per heavy atom. The first kappa shape index (κ1) is 20.2. The Balaban J connectivity index is 0.00000225. The predicted octanol–water partition coefficient (Wildman–Crippen LogP) is 1.30. The molecule has 0 saturated heterocycles. The highest BCUT2D eigenvalue weighted by Crippen LogP contribution is 2.30. The number of rotatable bonds is 3. The van der Waals surface area contributed by atoms with Crippen molar-refractivity contribution in [1.82, 2.24) is 0 Å². The minimum atomic E-state index is -0.242.